The summed E-state index contributed by atoms with van der Waals surface area (Å²) in [4.78, 5) is 34.9. The Morgan fingerprint density at radius 1 is 1.13 bits per heavy atom. The van der Waals surface area contributed by atoms with Crippen LogP contribution < -0.4 is 10.9 Å². The Kier molecular flexibility index (Phi) is 5.48. The molecule has 0 fully saturated rings. The summed E-state index contributed by atoms with van der Waals surface area (Å²) in [5, 5.41) is 3.78. The van der Waals surface area contributed by atoms with Crippen molar-refractivity contribution in [3.63, 3.8) is 0 Å². The topological polar surface area (TPSA) is 76.9 Å². The first kappa shape index (κ1) is 20.0. The highest BCUT2D eigenvalue weighted by atomic mass is 35.5. The third kappa shape index (κ3) is 4.17. The number of nitrogens with one attached hydrogen (secondary N) is 1. The van der Waals surface area contributed by atoms with Crippen LogP contribution in [0, 0.1) is 13.8 Å². The molecule has 150 valence electrons. The number of aryl methyl sites for hydroxylation is 2. The standard InChI is InChI=1S/C22H17ClN4O2S/c1-13-6-8-18(24-11-13)20-14(2)30-22(25-20)26-21(29)15-7-9-19(28)27(12-15)17-5-3-4-16(23)10-17/h3-12H,1-2H3,(H,25,26,29). The lowest BCUT2D eigenvalue weighted by Crippen LogP contribution is -2.20. The maximum absolute atomic E-state index is 12.8. The van der Waals surface area contributed by atoms with Crippen LogP contribution in [0.5, 0.6) is 0 Å². The number of halogens is 1. The van der Waals surface area contributed by atoms with Crippen molar-refractivity contribution in [1.82, 2.24) is 14.5 Å². The Bertz CT molecular complexity index is 1300. The van der Waals surface area contributed by atoms with Crippen LogP contribution in [0.1, 0.15) is 20.8 Å². The second-order valence-electron chi connectivity index (χ2n) is 6.70. The third-order valence-electron chi connectivity index (χ3n) is 4.43. The first-order chi connectivity index (χ1) is 14.4. The summed E-state index contributed by atoms with van der Waals surface area (Å²) in [5.74, 6) is -0.358. The van der Waals surface area contributed by atoms with Crippen LogP contribution in [0.2, 0.25) is 5.02 Å². The first-order valence-corrected chi connectivity index (χ1v) is 10.3. The van der Waals surface area contributed by atoms with Gasteiger partial charge in [0.05, 0.1) is 16.9 Å². The van der Waals surface area contributed by atoms with Crippen molar-refractivity contribution >= 4 is 34.0 Å². The lowest BCUT2D eigenvalue weighted by Gasteiger charge is -2.08. The van der Waals surface area contributed by atoms with Crippen molar-refractivity contribution in [1.29, 1.82) is 0 Å². The minimum Gasteiger partial charge on any atom is -0.298 e. The molecule has 8 heteroatoms. The molecule has 0 bridgehead atoms. The fraction of sp³-hybridized carbons (Fsp3) is 0.0909. The number of thiazole rings is 1. The molecule has 0 unspecified atom stereocenters. The maximum atomic E-state index is 12.8. The van der Waals surface area contributed by atoms with E-state index >= 15 is 0 Å². The van der Waals surface area contributed by atoms with E-state index in [4.69, 9.17) is 11.6 Å². The number of aromatic nitrogens is 3. The molecule has 0 aliphatic carbocycles. The van der Waals surface area contributed by atoms with E-state index in [2.05, 4.69) is 15.3 Å². The Balaban J connectivity index is 1.60. The van der Waals surface area contributed by atoms with Crippen molar-refractivity contribution in [3.05, 3.63) is 92.3 Å². The van der Waals surface area contributed by atoms with Gasteiger partial charge >= 0.3 is 0 Å². The number of hydrogen-bond acceptors (Lipinski definition) is 5. The van der Waals surface area contributed by atoms with Crippen LogP contribution >= 0.6 is 22.9 Å². The van der Waals surface area contributed by atoms with Crippen molar-refractivity contribution < 1.29 is 4.79 Å². The van der Waals surface area contributed by atoms with Gasteiger partial charge in [-0.2, -0.15) is 0 Å². The summed E-state index contributed by atoms with van der Waals surface area (Å²) in [5.41, 5.74) is 3.21. The average Bonchev–Trinajstić information content (AvgIpc) is 3.08. The second kappa shape index (κ2) is 8.22. The highest BCUT2D eigenvalue weighted by Gasteiger charge is 2.15. The largest absolute Gasteiger partial charge is 0.298 e. The maximum Gasteiger partial charge on any atom is 0.258 e. The Morgan fingerprint density at radius 3 is 2.70 bits per heavy atom. The van der Waals surface area contributed by atoms with Crippen molar-refractivity contribution in [3.8, 4) is 17.1 Å². The van der Waals surface area contributed by atoms with Crippen LogP contribution in [0.25, 0.3) is 17.1 Å². The zero-order valence-corrected chi connectivity index (χ0v) is 17.8. The molecule has 6 nitrogen and oxygen atoms in total. The van der Waals surface area contributed by atoms with Crippen molar-refractivity contribution in [2.75, 3.05) is 5.32 Å². The van der Waals surface area contributed by atoms with Crippen LogP contribution in [0.3, 0.4) is 0 Å². The third-order valence-corrected chi connectivity index (χ3v) is 5.55. The predicted molar refractivity (Wildman–Crippen MR) is 120 cm³/mol. The molecule has 4 rings (SSSR count). The molecule has 3 aromatic heterocycles. The molecule has 1 N–H and O–H groups in total. The van der Waals surface area contributed by atoms with E-state index < -0.39 is 0 Å². The molecule has 30 heavy (non-hydrogen) atoms. The van der Waals surface area contributed by atoms with Crippen LogP contribution in [-0.4, -0.2) is 20.4 Å². The number of carbonyl (C=O) groups is 1. The van der Waals surface area contributed by atoms with Gasteiger partial charge in [-0.3, -0.25) is 24.5 Å². The van der Waals surface area contributed by atoms with Gasteiger partial charge in [-0.05, 0) is 49.7 Å². The number of carbonyl (C=O) groups excluding carboxylic acids is 1. The molecule has 0 radical (unpaired) electrons. The number of hydrogen-bond donors (Lipinski definition) is 1. The number of nitrogens with zero attached hydrogens (tertiary/aromatic N) is 3. The number of pyridine rings is 2. The van der Waals surface area contributed by atoms with E-state index in [1.54, 1.807) is 30.5 Å². The average molecular weight is 437 g/mol. The zero-order chi connectivity index (χ0) is 21.3. The summed E-state index contributed by atoms with van der Waals surface area (Å²) < 4.78 is 1.38. The molecule has 4 aromatic rings. The second-order valence-corrected chi connectivity index (χ2v) is 8.34. The van der Waals surface area contributed by atoms with Gasteiger partial charge in [0.2, 0.25) is 0 Å². The fourth-order valence-electron chi connectivity index (χ4n) is 2.91. The molecular weight excluding hydrogens is 420 g/mol. The zero-order valence-electron chi connectivity index (χ0n) is 16.2. The number of amides is 1. The summed E-state index contributed by atoms with van der Waals surface area (Å²) in [7, 11) is 0. The molecule has 3 heterocycles. The van der Waals surface area contributed by atoms with E-state index in [1.807, 2.05) is 26.0 Å². The lowest BCUT2D eigenvalue weighted by atomic mass is 10.2. The first-order valence-electron chi connectivity index (χ1n) is 9.11. The number of anilines is 1. The lowest BCUT2D eigenvalue weighted by molar-refractivity contribution is 0.102. The van der Waals surface area contributed by atoms with Gasteiger partial charge in [0.1, 0.15) is 5.69 Å². The molecule has 0 atom stereocenters. The van der Waals surface area contributed by atoms with Gasteiger partial charge in [0, 0.05) is 28.4 Å². The van der Waals surface area contributed by atoms with Crippen molar-refractivity contribution in [2.24, 2.45) is 0 Å². The van der Waals surface area contributed by atoms with Crippen molar-refractivity contribution in [2.45, 2.75) is 13.8 Å². The smallest absolute Gasteiger partial charge is 0.258 e. The molecule has 0 aliphatic heterocycles. The molecule has 0 spiro atoms. The quantitative estimate of drug-likeness (QED) is 0.494. The minimum atomic E-state index is -0.358. The predicted octanol–water partition coefficient (Wildman–Crippen LogP) is 4.88. The normalized spacial score (nSPS) is 10.8. The van der Waals surface area contributed by atoms with Gasteiger partial charge in [0.15, 0.2) is 5.13 Å². The highest BCUT2D eigenvalue weighted by molar-refractivity contribution is 7.16. The number of benzene rings is 1. The van der Waals surface area contributed by atoms with E-state index in [0.717, 1.165) is 21.8 Å². The van der Waals surface area contributed by atoms with Gasteiger partial charge in [-0.1, -0.05) is 23.7 Å². The molecule has 0 saturated carbocycles. The minimum absolute atomic E-state index is 0.258. The van der Waals surface area contributed by atoms with Crippen LogP contribution in [0.15, 0.2) is 65.7 Å². The van der Waals surface area contributed by atoms with Gasteiger partial charge < -0.3 is 0 Å². The molecule has 1 aromatic carbocycles. The summed E-state index contributed by atoms with van der Waals surface area (Å²) in [6, 6.07) is 13.6. The van der Waals surface area contributed by atoms with Crippen LogP contribution in [0.4, 0.5) is 5.13 Å². The van der Waals surface area contributed by atoms with E-state index in [-0.39, 0.29) is 11.5 Å². The molecule has 0 saturated heterocycles. The summed E-state index contributed by atoms with van der Waals surface area (Å²) in [6.45, 7) is 3.91. The monoisotopic (exact) mass is 436 g/mol. The number of rotatable bonds is 4. The van der Waals surface area contributed by atoms with Gasteiger partial charge in [0.25, 0.3) is 11.5 Å². The highest BCUT2D eigenvalue weighted by Crippen LogP contribution is 2.29. The Morgan fingerprint density at radius 2 is 1.97 bits per heavy atom. The Hall–Kier alpha value is -3.29. The van der Waals surface area contributed by atoms with E-state index in [1.165, 1.54) is 34.2 Å². The van der Waals surface area contributed by atoms with E-state index in [9.17, 15) is 9.59 Å². The summed E-state index contributed by atoms with van der Waals surface area (Å²) >= 11 is 7.40. The van der Waals surface area contributed by atoms with Crippen LogP contribution in [-0.2, 0) is 0 Å². The van der Waals surface area contributed by atoms with Gasteiger partial charge in [-0.25, -0.2) is 4.98 Å². The molecule has 0 aliphatic rings. The van der Waals surface area contributed by atoms with E-state index in [0.29, 0.717) is 21.4 Å². The SMILES string of the molecule is Cc1ccc(-c2nc(NC(=O)c3ccc(=O)n(-c4cccc(Cl)c4)c3)sc2C)nc1. The summed E-state index contributed by atoms with van der Waals surface area (Å²) in [6.07, 6.45) is 3.28. The Labute approximate surface area is 181 Å². The fourth-order valence-corrected chi connectivity index (χ4v) is 3.92. The molecular formula is C22H17ClN4O2S. The molecule has 1 amide bonds. The van der Waals surface area contributed by atoms with Gasteiger partial charge in [-0.15, -0.1) is 11.3 Å².